The Kier molecular flexibility index (Phi) is 2.45. The summed E-state index contributed by atoms with van der Waals surface area (Å²) < 4.78 is 12.3. The predicted molar refractivity (Wildman–Crippen MR) is 82.9 cm³/mol. The molecule has 5 heteroatoms. The Morgan fingerprint density at radius 1 is 1.39 bits per heavy atom. The molecule has 0 aromatic heterocycles. The molecule has 1 aromatic rings. The molecule has 1 saturated carbocycles. The summed E-state index contributed by atoms with van der Waals surface area (Å²) in [6.45, 7) is 0.914. The van der Waals surface area contributed by atoms with E-state index in [4.69, 9.17) is 9.47 Å². The van der Waals surface area contributed by atoms with Crippen molar-refractivity contribution in [2.75, 3.05) is 20.7 Å². The highest BCUT2D eigenvalue weighted by Gasteiger charge is 2.73. The lowest BCUT2D eigenvalue weighted by atomic mass is 9.49. The molecule has 2 aliphatic heterocycles. The first-order chi connectivity index (χ1) is 11.0. The van der Waals surface area contributed by atoms with Crippen LogP contribution in [-0.2, 0) is 21.4 Å². The minimum Gasteiger partial charge on any atom is -0.504 e. The molecule has 4 aliphatic rings. The normalized spacial score (nSPS) is 40.7. The number of hydrogen-bond donors (Lipinski definition) is 1. The number of ether oxygens (including phenoxy) is 2. The monoisotopic (exact) mass is 315 g/mol. The molecule has 2 fully saturated rings. The Labute approximate surface area is 135 Å². The standard InChI is InChI=1S/C18H21NO4/c1-19-8-7-17-14-10-3-4-11(20)15(14)23-16(17)12(21)5-6-18(17,22-2)13(19)9-10/h3-4,13,16,20H,5-9H2,1-2H3/t13?,16-,17-,18+/m0/s1. The third-order valence-electron chi connectivity index (χ3n) is 6.85. The number of likely N-dealkylation sites (tertiary alicyclic amines) is 1. The van der Waals surface area contributed by atoms with E-state index in [9.17, 15) is 9.90 Å². The van der Waals surface area contributed by atoms with Crippen LogP contribution in [0.2, 0.25) is 0 Å². The van der Waals surface area contributed by atoms with Gasteiger partial charge in [0.15, 0.2) is 23.4 Å². The number of phenols is 1. The average Bonchev–Trinajstić information content (AvgIpc) is 2.91. The second kappa shape index (κ2) is 4.08. The van der Waals surface area contributed by atoms with Crippen molar-refractivity contribution in [3.05, 3.63) is 23.3 Å². The lowest BCUT2D eigenvalue weighted by Crippen LogP contribution is -2.76. The average molecular weight is 315 g/mol. The molecule has 1 aromatic carbocycles. The van der Waals surface area contributed by atoms with Crippen molar-refractivity contribution < 1.29 is 19.4 Å². The van der Waals surface area contributed by atoms with E-state index in [0.29, 0.717) is 12.2 Å². The first-order valence-corrected chi connectivity index (χ1v) is 8.35. The van der Waals surface area contributed by atoms with E-state index in [-0.39, 0.29) is 17.6 Å². The van der Waals surface area contributed by atoms with Gasteiger partial charge in [0.2, 0.25) is 0 Å². The van der Waals surface area contributed by atoms with Gasteiger partial charge in [-0.3, -0.25) is 4.79 Å². The van der Waals surface area contributed by atoms with Gasteiger partial charge in [-0.05, 0) is 44.5 Å². The topological polar surface area (TPSA) is 59.0 Å². The van der Waals surface area contributed by atoms with Gasteiger partial charge in [-0.15, -0.1) is 0 Å². The molecule has 1 unspecified atom stereocenters. The van der Waals surface area contributed by atoms with Gasteiger partial charge in [-0.2, -0.15) is 0 Å². The number of Topliss-reactive ketones (excluding diaryl/α,β-unsaturated/α-hetero) is 1. The molecule has 2 heterocycles. The highest BCUT2D eigenvalue weighted by molar-refractivity contribution is 5.90. The molecule has 1 N–H and O–H groups in total. The summed E-state index contributed by atoms with van der Waals surface area (Å²) in [6.07, 6.45) is 2.39. The lowest BCUT2D eigenvalue weighted by molar-refractivity contribution is -0.198. The quantitative estimate of drug-likeness (QED) is 0.849. The predicted octanol–water partition coefficient (Wildman–Crippen LogP) is 1.40. The summed E-state index contributed by atoms with van der Waals surface area (Å²) in [5.74, 6) is 0.805. The maximum Gasteiger partial charge on any atom is 0.174 e. The van der Waals surface area contributed by atoms with Crippen molar-refractivity contribution in [3.8, 4) is 11.5 Å². The molecule has 1 saturated heterocycles. The summed E-state index contributed by atoms with van der Waals surface area (Å²) >= 11 is 0. The molecule has 2 aliphatic carbocycles. The Morgan fingerprint density at radius 2 is 2.22 bits per heavy atom. The third-order valence-corrected chi connectivity index (χ3v) is 6.85. The smallest absolute Gasteiger partial charge is 0.174 e. The summed E-state index contributed by atoms with van der Waals surface area (Å²) in [7, 11) is 3.92. The molecular weight excluding hydrogens is 294 g/mol. The van der Waals surface area contributed by atoms with Gasteiger partial charge in [-0.25, -0.2) is 0 Å². The van der Waals surface area contributed by atoms with E-state index in [2.05, 4.69) is 11.9 Å². The molecule has 5 rings (SSSR count). The number of piperidine rings is 1. The highest BCUT2D eigenvalue weighted by Crippen LogP contribution is 2.65. The number of carbonyl (C=O) groups is 1. The van der Waals surface area contributed by atoms with Crippen LogP contribution >= 0.6 is 0 Å². The van der Waals surface area contributed by atoms with Gasteiger partial charge >= 0.3 is 0 Å². The summed E-state index contributed by atoms with van der Waals surface area (Å²) in [4.78, 5) is 15.1. The number of aromatic hydroxyl groups is 1. The number of rotatable bonds is 1. The van der Waals surface area contributed by atoms with Crippen LogP contribution in [0.25, 0.3) is 0 Å². The number of benzene rings is 1. The van der Waals surface area contributed by atoms with Crippen molar-refractivity contribution >= 4 is 5.78 Å². The van der Waals surface area contributed by atoms with E-state index < -0.39 is 17.1 Å². The van der Waals surface area contributed by atoms with Gasteiger partial charge in [-0.1, -0.05) is 6.07 Å². The zero-order valence-electron chi connectivity index (χ0n) is 13.5. The van der Waals surface area contributed by atoms with Gasteiger partial charge in [0.1, 0.15) is 0 Å². The fourth-order valence-electron chi connectivity index (χ4n) is 5.92. The second-order valence-electron chi connectivity index (χ2n) is 7.43. The van der Waals surface area contributed by atoms with E-state index in [1.807, 2.05) is 6.07 Å². The van der Waals surface area contributed by atoms with Crippen molar-refractivity contribution in [1.29, 1.82) is 0 Å². The van der Waals surface area contributed by atoms with Crippen molar-refractivity contribution in [2.45, 2.75) is 48.8 Å². The second-order valence-corrected chi connectivity index (χ2v) is 7.43. The molecule has 2 bridgehead atoms. The van der Waals surface area contributed by atoms with E-state index >= 15 is 0 Å². The highest BCUT2D eigenvalue weighted by atomic mass is 16.5. The minimum absolute atomic E-state index is 0.141. The Morgan fingerprint density at radius 3 is 3.00 bits per heavy atom. The summed E-state index contributed by atoms with van der Waals surface area (Å²) in [5.41, 5.74) is 1.38. The van der Waals surface area contributed by atoms with Gasteiger partial charge in [0.05, 0.1) is 11.0 Å². The summed E-state index contributed by atoms with van der Waals surface area (Å²) in [6, 6.07) is 3.93. The molecule has 122 valence electrons. The van der Waals surface area contributed by atoms with E-state index in [0.717, 1.165) is 31.4 Å². The number of methoxy groups -OCH3 is 1. The van der Waals surface area contributed by atoms with Crippen molar-refractivity contribution in [3.63, 3.8) is 0 Å². The number of likely N-dealkylation sites (N-methyl/N-ethyl adjacent to an activating group) is 1. The molecular formula is C18H21NO4. The molecule has 5 nitrogen and oxygen atoms in total. The third kappa shape index (κ3) is 1.28. The maximum atomic E-state index is 12.7. The number of nitrogens with zero attached hydrogens (tertiary/aromatic N) is 1. The van der Waals surface area contributed by atoms with Crippen molar-refractivity contribution in [2.24, 2.45) is 0 Å². The van der Waals surface area contributed by atoms with Gasteiger partial charge in [0.25, 0.3) is 0 Å². The van der Waals surface area contributed by atoms with Gasteiger partial charge in [0, 0.05) is 25.1 Å². The lowest BCUT2D eigenvalue weighted by Gasteiger charge is -2.63. The molecule has 0 amide bonds. The largest absolute Gasteiger partial charge is 0.504 e. The van der Waals surface area contributed by atoms with E-state index in [1.165, 1.54) is 5.56 Å². The Balaban J connectivity index is 1.88. The van der Waals surface area contributed by atoms with Gasteiger partial charge < -0.3 is 19.5 Å². The van der Waals surface area contributed by atoms with Crippen molar-refractivity contribution in [1.82, 2.24) is 4.90 Å². The van der Waals surface area contributed by atoms with Crippen LogP contribution in [0.3, 0.4) is 0 Å². The molecule has 1 spiro atoms. The van der Waals surface area contributed by atoms with Crippen LogP contribution in [0.4, 0.5) is 0 Å². The van der Waals surface area contributed by atoms with E-state index in [1.54, 1.807) is 13.2 Å². The van der Waals surface area contributed by atoms with Crippen LogP contribution in [0.15, 0.2) is 12.1 Å². The Hall–Kier alpha value is -1.59. The van der Waals surface area contributed by atoms with Crippen LogP contribution in [0.5, 0.6) is 11.5 Å². The number of carbonyl (C=O) groups excluding carboxylic acids is 1. The zero-order chi connectivity index (χ0) is 16.0. The molecule has 4 atom stereocenters. The maximum absolute atomic E-state index is 12.7. The fourth-order valence-corrected chi connectivity index (χ4v) is 5.92. The molecule has 23 heavy (non-hydrogen) atoms. The summed E-state index contributed by atoms with van der Waals surface area (Å²) in [5, 5.41) is 10.3. The number of hydrogen-bond acceptors (Lipinski definition) is 5. The van der Waals surface area contributed by atoms with Crippen LogP contribution in [0, 0.1) is 0 Å². The number of phenolic OH excluding ortho intramolecular Hbond substituents is 1. The van der Waals surface area contributed by atoms with Crippen LogP contribution < -0.4 is 4.74 Å². The first kappa shape index (κ1) is 13.8. The number of ketones is 1. The first-order valence-electron chi connectivity index (χ1n) is 8.35. The Bertz CT molecular complexity index is 732. The SMILES string of the molecule is CO[C@@]12CCC(=O)[C@@H]3Oc4c(O)ccc5c4[C@@]31CCN(C)C2C5. The molecule has 0 radical (unpaired) electrons. The minimum atomic E-state index is -0.519. The fraction of sp³-hybridized carbons (Fsp3) is 0.611. The van der Waals surface area contributed by atoms with Crippen LogP contribution in [-0.4, -0.2) is 54.2 Å². The van der Waals surface area contributed by atoms with Crippen LogP contribution in [0.1, 0.15) is 30.4 Å². The zero-order valence-corrected chi connectivity index (χ0v) is 13.5.